The normalized spacial score (nSPS) is 32.3. The van der Waals surface area contributed by atoms with Crippen molar-refractivity contribution >= 4 is 15.9 Å². The van der Waals surface area contributed by atoms with Crippen LogP contribution in [-0.4, -0.2) is 10.7 Å². The van der Waals surface area contributed by atoms with Gasteiger partial charge in [0.25, 0.3) is 0 Å². The van der Waals surface area contributed by atoms with Gasteiger partial charge in [0.15, 0.2) is 0 Å². The zero-order valence-electron chi connectivity index (χ0n) is 12.8. The lowest BCUT2D eigenvalue weighted by Crippen LogP contribution is -2.40. The zero-order valence-corrected chi connectivity index (χ0v) is 14.4. The molecule has 2 aliphatic rings. The lowest BCUT2D eigenvalue weighted by Gasteiger charge is -2.40. The van der Waals surface area contributed by atoms with Crippen LogP contribution in [0.25, 0.3) is 0 Å². The Labute approximate surface area is 136 Å². The van der Waals surface area contributed by atoms with E-state index in [0.717, 1.165) is 41.0 Å². The van der Waals surface area contributed by atoms with Crippen molar-refractivity contribution in [3.05, 3.63) is 28.2 Å². The molecule has 3 rings (SSSR count). The Hall–Kier alpha value is -0.540. The molecule has 1 N–H and O–H groups in total. The van der Waals surface area contributed by atoms with Crippen LogP contribution in [-0.2, 0) is 0 Å². The van der Waals surface area contributed by atoms with Gasteiger partial charge >= 0.3 is 0 Å². The Morgan fingerprint density at radius 3 is 3.00 bits per heavy atom. The number of halogens is 1. The molecule has 2 unspecified atom stereocenters. The monoisotopic (exact) mass is 352 g/mol. The molecule has 0 bridgehead atoms. The fourth-order valence-corrected chi connectivity index (χ4v) is 4.44. The van der Waals surface area contributed by atoms with Gasteiger partial charge < -0.3 is 9.84 Å². The molecule has 3 atom stereocenters. The minimum absolute atomic E-state index is 0.136. The summed E-state index contributed by atoms with van der Waals surface area (Å²) in [5.41, 5.74) is 0.798. The summed E-state index contributed by atoms with van der Waals surface area (Å²) in [6, 6.07) is 5.99. The number of hydrogen-bond acceptors (Lipinski definition) is 2. The summed E-state index contributed by atoms with van der Waals surface area (Å²) in [5, 5.41) is 10.6. The lowest BCUT2D eigenvalue weighted by molar-refractivity contribution is -0.0251. The van der Waals surface area contributed by atoms with E-state index in [4.69, 9.17) is 4.74 Å². The molecular formula is C18H25BrO2. The third-order valence-electron chi connectivity index (χ3n) is 5.17. The molecule has 1 aliphatic carbocycles. The number of fused-ring (bicyclic) bond motifs is 1. The van der Waals surface area contributed by atoms with Crippen LogP contribution in [0.3, 0.4) is 0 Å². The van der Waals surface area contributed by atoms with Gasteiger partial charge in [-0.3, -0.25) is 0 Å². The summed E-state index contributed by atoms with van der Waals surface area (Å²) in [6.45, 7) is 2.27. The van der Waals surface area contributed by atoms with Gasteiger partial charge in [-0.25, -0.2) is 0 Å². The molecule has 0 saturated heterocycles. The molecule has 1 heterocycles. The van der Waals surface area contributed by atoms with Gasteiger partial charge in [-0.15, -0.1) is 0 Å². The van der Waals surface area contributed by atoms with Crippen LogP contribution in [0.15, 0.2) is 22.7 Å². The highest BCUT2D eigenvalue weighted by molar-refractivity contribution is 9.10. The van der Waals surface area contributed by atoms with Crippen LogP contribution in [0.4, 0.5) is 0 Å². The molecule has 1 fully saturated rings. The molecule has 3 heteroatoms. The molecule has 1 aliphatic heterocycles. The van der Waals surface area contributed by atoms with Gasteiger partial charge in [0.05, 0.1) is 6.10 Å². The molecule has 116 valence electrons. The number of rotatable bonds is 2. The first-order valence-corrected chi connectivity index (χ1v) is 9.08. The first-order valence-electron chi connectivity index (χ1n) is 8.28. The molecule has 0 radical (unpaired) electrons. The van der Waals surface area contributed by atoms with Gasteiger partial charge in [0.1, 0.15) is 11.4 Å². The molecular weight excluding hydrogens is 328 g/mol. The van der Waals surface area contributed by atoms with Crippen molar-refractivity contribution in [1.82, 2.24) is 0 Å². The fourth-order valence-electron chi connectivity index (χ4n) is 4.06. The van der Waals surface area contributed by atoms with E-state index in [-0.39, 0.29) is 5.60 Å². The van der Waals surface area contributed by atoms with Crippen molar-refractivity contribution in [3.63, 3.8) is 0 Å². The predicted molar refractivity (Wildman–Crippen MR) is 88.6 cm³/mol. The van der Waals surface area contributed by atoms with Crippen LogP contribution in [0, 0.1) is 5.92 Å². The van der Waals surface area contributed by atoms with Crippen molar-refractivity contribution < 1.29 is 9.84 Å². The number of ether oxygens (including phenoxy) is 1. The second kappa shape index (κ2) is 6.29. The highest BCUT2D eigenvalue weighted by Crippen LogP contribution is 2.47. The van der Waals surface area contributed by atoms with E-state index in [0.29, 0.717) is 0 Å². The van der Waals surface area contributed by atoms with Crippen LogP contribution in [0.1, 0.15) is 70.0 Å². The van der Waals surface area contributed by atoms with Crippen molar-refractivity contribution in [1.29, 1.82) is 0 Å². The van der Waals surface area contributed by atoms with Gasteiger partial charge in [-0.2, -0.15) is 0 Å². The minimum atomic E-state index is -0.394. The van der Waals surface area contributed by atoms with Crippen LogP contribution in [0.2, 0.25) is 0 Å². The van der Waals surface area contributed by atoms with Crippen LogP contribution >= 0.6 is 15.9 Å². The molecule has 0 amide bonds. The average Bonchev–Trinajstić information content (AvgIpc) is 2.64. The SMILES string of the molecule is CCCC1CCCC2(CC1)C[C@H](O)c1cc(Br)ccc1O2. The van der Waals surface area contributed by atoms with Crippen molar-refractivity contribution in [2.75, 3.05) is 0 Å². The van der Waals surface area contributed by atoms with Gasteiger partial charge in [-0.05, 0) is 49.8 Å². The number of aliphatic hydroxyl groups is 1. The number of benzene rings is 1. The van der Waals surface area contributed by atoms with E-state index in [1.165, 1.54) is 32.1 Å². The van der Waals surface area contributed by atoms with E-state index >= 15 is 0 Å². The van der Waals surface area contributed by atoms with Crippen molar-refractivity contribution in [2.45, 2.75) is 70.0 Å². The number of aliphatic hydroxyl groups excluding tert-OH is 1. The maximum atomic E-state index is 10.6. The van der Waals surface area contributed by atoms with E-state index in [1.54, 1.807) is 0 Å². The van der Waals surface area contributed by atoms with E-state index in [9.17, 15) is 5.11 Å². The average molecular weight is 353 g/mol. The van der Waals surface area contributed by atoms with Gasteiger partial charge in [0.2, 0.25) is 0 Å². The summed E-state index contributed by atoms with van der Waals surface area (Å²) >= 11 is 3.48. The van der Waals surface area contributed by atoms with Gasteiger partial charge in [0, 0.05) is 16.5 Å². The maximum absolute atomic E-state index is 10.6. The van der Waals surface area contributed by atoms with Crippen LogP contribution < -0.4 is 4.74 Å². The second-order valence-electron chi connectivity index (χ2n) is 6.77. The summed E-state index contributed by atoms with van der Waals surface area (Å²) in [5.74, 6) is 1.73. The topological polar surface area (TPSA) is 29.5 Å². The zero-order chi connectivity index (χ0) is 14.9. The Balaban J connectivity index is 1.79. The molecule has 1 aromatic carbocycles. The van der Waals surface area contributed by atoms with Crippen molar-refractivity contribution in [2.24, 2.45) is 5.92 Å². The summed E-state index contributed by atoms with van der Waals surface area (Å²) < 4.78 is 7.41. The highest BCUT2D eigenvalue weighted by atomic mass is 79.9. The Morgan fingerprint density at radius 2 is 2.19 bits per heavy atom. The third-order valence-corrected chi connectivity index (χ3v) is 5.67. The van der Waals surface area contributed by atoms with E-state index < -0.39 is 6.10 Å². The Morgan fingerprint density at radius 1 is 1.33 bits per heavy atom. The van der Waals surface area contributed by atoms with E-state index in [1.807, 2.05) is 18.2 Å². The van der Waals surface area contributed by atoms with Crippen molar-refractivity contribution in [3.8, 4) is 5.75 Å². The highest BCUT2D eigenvalue weighted by Gasteiger charge is 2.41. The largest absolute Gasteiger partial charge is 0.487 e. The quantitative estimate of drug-likeness (QED) is 0.773. The standard InChI is InChI=1S/C18H25BrO2/c1-2-4-13-5-3-9-18(10-8-13)12-16(20)15-11-14(19)6-7-17(15)21-18/h6-7,11,13,16,20H,2-5,8-10,12H2,1H3/t13?,16-,18?/m0/s1. The Bertz CT molecular complexity index is 502. The second-order valence-corrected chi connectivity index (χ2v) is 7.69. The molecule has 2 nitrogen and oxygen atoms in total. The summed E-state index contributed by atoms with van der Waals surface area (Å²) in [6.07, 6.45) is 8.92. The van der Waals surface area contributed by atoms with Crippen LogP contribution in [0.5, 0.6) is 5.75 Å². The van der Waals surface area contributed by atoms with E-state index in [2.05, 4.69) is 22.9 Å². The number of hydrogen-bond donors (Lipinski definition) is 1. The molecule has 1 saturated carbocycles. The smallest absolute Gasteiger partial charge is 0.126 e. The fraction of sp³-hybridized carbons (Fsp3) is 0.667. The maximum Gasteiger partial charge on any atom is 0.126 e. The third kappa shape index (κ3) is 3.29. The first kappa shape index (κ1) is 15.4. The summed E-state index contributed by atoms with van der Waals surface area (Å²) in [4.78, 5) is 0. The predicted octanol–water partition coefficient (Wildman–Crippen LogP) is 5.38. The Kier molecular flexibility index (Phi) is 4.60. The molecule has 0 aromatic heterocycles. The first-order chi connectivity index (χ1) is 10.1. The molecule has 1 spiro atoms. The lowest BCUT2D eigenvalue weighted by atomic mass is 9.83. The molecule has 21 heavy (non-hydrogen) atoms. The van der Waals surface area contributed by atoms with Gasteiger partial charge in [-0.1, -0.05) is 42.1 Å². The minimum Gasteiger partial charge on any atom is -0.487 e. The molecule has 1 aromatic rings. The summed E-state index contributed by atoms with van der Waals surface area (Å²) in [7, 11) is 0.